The topological polar surface area (TPSA) is 72.6 Å². The van der Waals surface area contributed by atoms with Crippen molar-refractivity contribution in [3.63, 3.8) is 0 Å². The first-order valence-electron chi connectivity index (χ1n) is 8.22. The van der Waals surface area contributed by atoms with E-state index in [4.69, 9.17) is 10.5 Å². The number of rotatable bonds is 4. The first-order valence-corrected chi connectivity index (χ1v) is 8.22. The van der Waals surface area contributed by atoms with Gasteiger partial charge in [-0.15, -0.1) is 0 Å². The van der Waals surface area contributed by atoms with Crippen molar-refractivity contribution in [3.05, 3.63) is 41.5 Å². The Kier molecular flexibility index (Phi) is 3.47. The molecule has 132 valence electrons. The molecule has 1 heterocycles. The minimum atomic E-state index is -1.63. The Bertz CT molecular complexity index is 796. The molecular weight excluding hydrogens is 330 g/mol. The molecule has 1 aliphatic heterocycles. The van der Waals surface area contributed by atoms with Gasteiger partial charge in [0.05, 0.1) is 11.3 Å². The fourth-order valence-electron chi connectivity index (χ4n) is 4.60. The molecular formula is C18H18F2N2O3. The third-order valence-corrected chi connectivity index (χ3v) is 5.78. The van der Waals surface area contributed by atoms with Gasteiger partial charge in [0.25, 0.3) is 5.91 Å². The van der Waals surface area contributed by atoms with Gasteiger partial charge in [-0.2, -0.15) is 0 Å². The lowest BCUT2D eigenvalue weighted by Crippen LogP contribution is -2.48. The van der Waals surface area contributed by atoms with E-state index in [-0.39, 0.29) is 17.2 Å². The van der Waals surface area contributed by atoms with E-state index in [2.05, 4.69) is 12.2 Å². The van der Waals surface area contributed by atoms with E-state index in [1.54, 1.807) is 0 Å². The van der Waals surface area contributed by atoms with Gasteiger partial charge in [0.15, 0.2) is 17.2 Å². The van der Waals surface area contributed by atoms with Crippen LogP contribution >= 0.6 is 0 Å². The third kappa shape index (κ3) is 2.02. The third-order valence-electron chi connectivity index (χ3n) is 5.78. The minimum Gasteiger partial charge on any atom is -0.368 e. The fraction of sp³-hybridized carbons (Fsp3) is 0.444. The summed E-state index contributed by atoms with van der Waals surface area (Å²) in [5, 5.41) is 0. The van der Waals surface area contributed by atoms with Crippen LogP contribution in [0.2, 0.25) is 0 Å². The zero-order chi connectivity index (χ0) is 17.9. The van der Waals surface area contributed by atoms with E-state index in [0.29, 0.717) is 24.7 Å². The molecule has 4 atom stereocenters. The van der Waals surface area contributed by atoms with Crippen molar-refractivity contribution in [1.82, 2.24) is 0 Å². The van der Waals surface area contributed by atoms with E-state index in [9.17, 15) is 18.4 Å². The Morgan fingerprint density at radius 2 is 1.96 bits per heavy atom. The van der Waals surface area contributed by atoms with E-state index in [0.717, 1.165) is 11.0 Å². The number of fused-ring (bicyclic) bond motifs is 2. The van der Waals surface area contributed by atoms with E-state index in [1.807, 2.05) is 0 Å². The van der Waals surface area contributed by atoms with Crippen LogP contribution in [0.5, 0.6) is 0 Å². The molecule has 2 N–H and O–H groups in total. The van der Waals surface area contributed by atoms with Crippen molar-refractivity contribution in [3.8, 4) is 0 Å². The van der Waals surface area contributed by atoms with Gasteiger partial charge in [0.2, 0.25) is 5.91 Å². The predicted octanol–water partition coefficient (Wildman–Crippen LogP) is 1.85. The molecule has 2 aliphatic carbocycles. The zero-order valence-electron chi connectivity index (χ0n) is 13.7. The molecule has 25 heavy (non-hydrogen) atoms. The number of amides is 2. The summed E-state index contributed by atoms with van der Waals surface area (Å²) in [6, 6.07) is 2.25. The Balaban J connectivity index is 1.88. The first kappa shape index (κ1) is 16.2. The van der Waals surface area contributed by atoms with Crippen molar-refractivity contribution < 1.29 is 23.1 Å². The molecule has 0 aromatic heterocycles. The lowest BCUT2D eigenvalue weighted by Gasteiger charge is -2.33. The van der Waals surface area contributed by atoms with Crippen LogP contribution in [0.1, 0.15) is 18.4 Å². The molecule has 1 fully saturated rings. The Morgan fingerprint density at radius 1 is 1.32 bits per heavy atom. The number of allylic oxidation sites excluding steroid dienone is 2. The number of benzene rings is 1. The second-order valence-electron chi connectivity index (χ2n) is 6.93. The van der Waals surface area contributed by atoms with Gasteiger partial charge in [-0.05, 0) is 36.8 Å². The average Bonchev–Trinajstić information content (AvgIpc) is 2.97. The molecule has 0 spiro atoms. The average molecular weight is 348 g/mol. The molecule has 0 radical (unpaired) electrons. The number of hydrogen-bond donors (Lipinski definition) is 1. The van der Waals surface area contributed by atoms with Gasteiger partial charge in [0, 0.05) is 13.0 Å². The fourth-order valence-corrected chi connectivity index (χ4v) is 4.60. The number of carbonyl (C=O) groups is 2. The summed E-state index contributed by atoms with van der Waals surface area (Å²) in [4.78, 5) is 25.7. The molecule has 0 bridgehead atoms. The number of ether oxygens (including phenoxy) is 1. The van der Waals surface area contributed by atoms with Crippen LogP contribution in [0.4, 0.5) is 14.5 Å². The molecule has 4 rings (SSSR count). The maximum absolute atomic E-state index is 14.8. The lowest BCUT2D eigenvalue weighted by molar-refractivity contribution is -0.148. The van der Waals surface area contributed by atoms with Crippen LogP contribution in [0.15, 0.2) is 24.3 Å². The summed E-state index contributed by atoms with van der Waals surface area (Å²) < 4.78 is 34.3. The van der Waals surface area contributed by atoms with Crippen LogP contribution in [-0.2, 0) is 19.9 Å². The number of halogens is 2. The molecule has 1 aromatic carbocycles. The highest BCUT2D eigenvalue weighted by Gasteiger charge is 2.61. The Morgan fingerprint density at radius 3 is 2.48 bits per heavy atom. The smallest absolute Gasteiger partial charge is 0.264 e. The van der Waals surface area contributed by atoms with Crippen molar-refractivity contribution >= 4 is 17.5 Å². The van der Waals surface area contributed by atoms with Crippen LogP contribution in [0.25, 0.3) is 0 Å². The number of primary amides is 1. The summed E-state index contributed by atoms with van der Waals surface area (Å²) in [6.45, 7) is -0.403. The van der Waals surface area contributed by atoms with Crippen LogP contribution in [-0.4, -0.2) is 25.5 Å². The molecule has 7 heteroatoms. The highest BCUT2D eigenvalue weighted by molar-refractivity contribution is 6.10. The van der Waals surface area contributed by atoms with E-state index >= 15 is 0 Å². The maximum atomic E-state index is 14.8. The van der Waals surface area contributed by atoms with E-state index < -0.39 is 35.6 Å². The van der Waals surface area contributed by atoms with Gasteiger partial charge < -0.3 is 10.5 Å². The Labute approximate surface area is 143 Å². The summed E-state index contributed by atoms with van der Waals surface area (Å²) >= 11 is 0. The van der Waals surface area contributed by atoms with Crippen LogP contribution in [0, 0.1) is 29.4 Å². The summed E-state index contributed by atoms with van der Waals surface area (Å²) in [6.07, 6.45) is 5.44. The minimum absolute atomic E-state index is 0.118. The number of hydrogen-bond acceptors (Lipinski definition) is 3. The van der Waals surface area contributed by atoms with Gasteiger partial charge >= 0.3 is 0 Å². The number of anilines is 1. The summed E-state index contributed by atoms with van der Waals surface area (Å²) in [5.41, 5.74) is 3.65. The van der Waals surface area contributed by atoms with Gasteiger partial charge in [0.1, 0.15) is 6.54 Å². The molecule has 0 saturated heterocycles. The molecule has 1 aromatic rings. The van der Waals surface area contributed by atoms with E-state index in [1.165, 1.54) is 13.2 Å². The molecule has 1 saturated carbocycles. The number of methoxy groups -OCH3 is 1. The number of nitrogens with two attached hydrogens (primary N) is 1. The first-order chi connectivity index (χ1) is 11.9. The second kappa shape index (κ2) is 5.36. The normalized spacial score (nSPS) is 32.5. The largest absolute Gasteiger partial charge is 0.368 e. The monoisotopic (exact) mass is 348 g/mol. The zero-order valence-corrected chi connectivity index (χ0v) is 13.7. The molecule has 3 aliphatic rings. The van der Waals surface area contributed by atoms with Crippen molar-refractivity contribution in [2.75, 3.05) is 18.6 Å². The van der Waals surface area contributed by atoms with Crippen LogP contribution < -0.4 is 10.6 Å². The van der Waals surface area contributed by atoms with Crippen molar-refractivity contribution in [2.45, 2.75) is 18.4 Å². The highest BCUT2D eigenvalue weighted by atomic mass is 19.2. The quantitative estimate of drug-likeness (QED) is 0.844. The predicted molar refractivity (Wildman–Crippen MR) is 85.4 cm³/mol. The standard InChI is InChI=1S/C18H18F2N2O3/c1-25-18(11-6-9-2-3-10(9)7-11)15-13(5-4-12(19)16(15)20)22(17(18)24)8-14(21)23/h2-5,9-11H,6-8H2,1H3,(H2,21,23)/t9-,10+,11?,18-/m0/s1. The van der Waals surface area contributed by atoms with Gasteiger partial charge in [-0.25, -0.2) is 8.78 Å². The van der Waals surface area contributed by atoms with Crippen molar-refractivity contribution in [2.24, 2.45) is 23.5 Å². The number of nitrogens with zero attached hydrogens (tertiary/aromatic N) is 1. The molecule has 2 amide bonds. The SMILES string of the molecule is CO[C@]1(C2C[C@H]3C=C[C@H]3C2)C(=O)N(CC(N)=O)c2ccc(F)c(F)c21. The maximum Gasteiger partial charge on any atom is 0.264 e. The number of carbonyl (C=O) groups excluding carboxylic acids is 2. The highest BCUT2D eigenvalue weighted by Crippen LogP contribution is 2.57. The summed E-state index contributed by atoms with van der Waals surface area (Å²) in [5.74, 6) is -3.09. The van der Waals surface area contributed by atoms with Gasteiger partial charge in [-0.1, -0.05) is 12.2 Å². The summed E-state index contributed by atoms with van der Waals surface area (Å²) in [7, 11) is 1.33. The molecule has 5 nitrogen and oxygen atoms in total. The molecule has 1 unspecified atom stereocenters. The van der Waals surface area contributed by atoms with Gasteiger partial charge in [-0.3, -0.25) is 14.5 Å². The lowest BCUT2D eigenvalue weighted by atomic mass is 9.80. The second-order valence-corrected chi connectivity index (χ2v) is 6.93. The van der Waals surface area contributed by atoms with Crippen LogP contribution in [0.3, 0.4) is 0 Å². The van der Waals surface area contributed by atoms with Crippen molar-refractivity contribution in [1.29, 1.82) is 0 Å². The Hall–Kier alpha value is -2.28.